The van der Waals surface area contributed by atoms with Crippen molar-refractivity contribution in [3.05, 3.63) is 266 Å². The van der Waals surface area contributed by atoms with Crippen LogP contribution in [0, 0.1) is 11.8 Å². The van der Waals surface area contributed by atoms with E-state index in [-0.39, 0.29) is 50.6 Å². The number of nitrogens with zero attached hydrogens (tertiary/aromatic N) is 17. The molecule has 0 aromatic carbocycles. The Labute approximate surface area is 768 Å². The number of hydrogen-bond donors (Lipinski definition) is 12. The molecule has 654 valence electrons. The van der Waals surface area contributed by atoms with Crippen LogP contribution >= 0.6 is 79.6 Å². The Morgan fingerprint density at radius 3 is 0.920 bits per heavy atom. The first-order chi connectivity index (χ1) is 61.0. The van der Waals surface area contributed by atoms with Gasteiger partial charge in [0.1, 0.15) is 23.0 Å². The summed E-state index contributed by atoms with van der Waals surface area (Å²) in [6, 6.07) is 31.3. The molecule has 18 rings (SSSR count). The summed E-state index contributed by atoms with van der Waals surface area (Å²) in [5.74, 6) is 0.637. The van der Waals surface area contributed by atoms with E-state index in [0.717, 1.165) is 181 Å². The van der Waals surface area contributed by atoms with E-state index in [1.807, 2.05) is 146 Å². The number of halogens is 5. The normalized spacial score (nSPS) is 15.0. The third kappa shape index (κ3) is 23.8. The largest absolute Gasteiger partial charge is 0.394 e. The molecule has 1 aliphatic carbocycles. The van der Waals surface area contributed by atoms with Gasteiger partial charge in [-0.1, -0.05) is 77.3 Å². The molecule has 2 saturated heterocycles. The zero-order valence-electron chi connectivity index (χ0n) is 70.2. The van der Waals surface area contributed by atoms with Crippen molar-refractivity contribution in [2.75, 3.05) is 91.9 Å². The van der Waals surface area contributed by atoms with Crippen LogP contribution in [0.25, 0.3) is 28.2 Å². The van der Waals surface area contributed by atoms with Crippen molar-refractivity contribution >= 4 is 165 Å². The number of nitrogens with one attached hydrogen (secondary N) is 8. The van der Waals surface area contributed by atoms with Crippen LogP contribution in [0.1, 0.15) is 113 Å². The van der Waals surface area contributed by atoms with E-state index in [1.54, 1.807) is 43.4 Å². The van der Waals surface area contributed by atoms with Gasteiger partial charge in [0.2, 0.25) is 0 Å². The molecular weight excluding hydrogens is 1910 g/mol. The lowest BCUT2D eigenvalue weighted by molar-refractivity contribution is 0.249. The first kappa shape index (κ1) is 90.7. The van der Waals surface area contributed by atoms with Gasteiger partial charge >= 0.3 is 0 Å². The van der Waals surface area contributed by atoms with Crippen LogP contribution in [0.2, 0.25) is 0 Å². The third-order valence-corrected chi connectivity index (χ3v) is 25.3. The molecule has 15 aromatic rings. The fraction of sp³-hybridized carbons (Fsp3) is 0.341. The number of pyridine rings is 10. The molecule has 17 heterocycles. The van der Waals surface area contributed by atoms with Crippen molar-refractivity contribution in [3.63, 3.8) is 0 Å². The van der Waals surface area contributed by atoms with E-state index in [1.165, 1.54) is 32.1 Å². The van der Waals surface area contributed by atoms with E-state index in [0.29, 0.717) is 44.1 Å². The molecule has 3 aliphatic rings. The molecule has 0 amide bonds. The van der Waals surface area contributed by atoms with Gasteiger partial charge in [-0.25, -0.2) is 24.9 Å². The molecule has 0 radical (unpaired) electrons. The summed E-state index contributed by atoms with van der Waals surface area (Å²) in [5.41, 5.74) is 19.9. The lowest BCUT2D eigenvalue weighted by atomic mass is 9.95. The van der Waals surface area contributed by atoms with Gasteiger partial charge in [0.25, 0.3) is 0 Å². The minimum atomic E-state index is -0.00841. The standard InChI is InChI=1S/C19H22BrN5.2C18H20BrN5O.2C18H22BrN5O/c20-18-12-23-19-17(22-11-14-5-4-8-21-10-14)9-16(13-25(18)19)24-15-6-2-1-3-7-15;2*19-17-10-22-18-16(21-9-13-3-1-5-20-8-13)7-15(11-24(17)18)23-6-2-4-14(23)12-25;2*1-12(2)16(11-25)23-14-6-15(18-22-9-17(19)24(18)10-14)21-8-13-4-3-5-20-7-13/h4-5,8-10,12-13,15,22,24H,1-3,6-7,11H2;2*1,3,5,7-8,10-11,14,21,25H,2,4,6,9,12H2;2*3-7,9-10,12,16,21,23,25H,8,11H2,1-2H3/t;2*14-;2*16-/m.1010/s1. The van der Waals surface area contributed by atoms with Crippen LogP contribution in [0.4, 0.5) is 56.9 Å². The summed E-state index contributed by atoms with van der Waals surface area (Å²) in [7, 11) is 0. The van der Waals surface area contributed by atoms with Gasteiger partial charge in [-0.15, -0.1) is 0 Å². The Morgan fingerprint density at radius 1 is 0.352 bits per heavy atom. The number of aromatic nitrogens is 15. The number of hydrogen-bond acceptors (Lipinski definition) is 24. The summed E-state index contributed by atoms with van der Waals surface area (Å²) in [5, 5.41) is 66.3. The average Bonchev–Trinajstić information content (AvgIpc) is 1.66. The Kier molecular flexibility index (Phi) is 32.3. The molecule has 0 unspecified atom stereocenters. The molecule has 1 saturated carbocycles. The van der Waals surface area contributed by atoms with Gasteiger partial charge in [0.15, 0.2) is 28.2 Å². The number of aliphatic hydroxyl groups is 4. The second-order valence-electron chi connectivity index (χ2n) is 31.8. The van der Waals surface area contributed by atoms with E-state index in [2.05, 4.69) is 257 Å². The van der Waals surface area contributed by atoms with Crippen molar-refractivity contribution < 1.29 is 20.4 Å². The molecule has 15 aromatic heterocycles. The smallest absolute Gasteiger partial charge is 0.161 e. The van der Waals surface area contributed by atoms with Gasteiger partial charge in [-0.2, -0.15) is 0 Å². The van der Waals surface area contributed by atoms with Gasteiger partial charge in [0.05, 0.1) is 138 Å². The molecule has 0 spiro atoms. The Balaban J connectivity index is 0.000000127. The number of anilines is 10. The van der Waals surface area contributed by atoms with Crippen LogP contribution in [-0.2, 0) is 32.7 Å². The second-order valence-corrected chi connectivity index (χ2v) is 35.8. The van der Waals surface area contributed by atoms with Gasteiger partial charge in [-0.05, 0) is 218 Å². The molecule has 125 heavy (non-hydrogen) atoms. The first-order valence-electron chi connectivity index (χ1n) is 42.2. The second kappa shape index (κ2) is 44.5. The molecule has 0 bridgehead atoms. The maximum atomic E-state index is 9.65. The van der Waals surface area contributed by atoms with Crippen molar-refractivity contribution in [3.8, 4) is 0 Å². The Hall–Kier alpha value is -10.6. The van der Waals surface area contributed by atoms with Crippen LogP contribution in [0.5, 0.6) is 0 Å². The van der Waals surface area contributed by atoms with Crippen molar-refractivity contribution in [1.82, 2.24) is 71.8 Å². The highest BCUT2D eigenvalue weighted by Crippen LogP contribution is 2.36. The minimum absolute atomic E-state index is 0.00841. The monoisotopic (exact) mass is 2010 g/mol. The first-order valence-corrected chi connectivity index (χ1v) is 46.2. The lowest BCUT2D eigenvalue weighted by Gasteiger charge is -2.26. The molecule has 2 aliphatic heterocycles. The summed E-state index contributed by atoms with van der Waals surface area (Å²) < 4.78 is 14.6. The van der Waals surface area contributed by atoms with Crippen LogP contribution < -0.4 is 52.3 Å². The van der Waals surface area contributed by atoms with Crippen molar-refractivity contribution in [2.24, 2.45) is 11.8 Å². The summed E-state index contributed by atoms with van der Waals surface area (Å²) in [6.07, 6.45) is 48.2. The van der Waals surface area contributed by atoms with Gasteiger partial charge in [-0.3, -0.25) is 46.9 Å². The predicted molar refractivity (Wildman–Crippen MR) is 516 cm³/mol. The highest BCUT2D eigenvalue weighted by Gasteiger charge is 2.28. The summed E-state index contributed by atoms with van der Waals surface area (Å²) in [4.78, 5) is 47.8. The number of aliphatic hydroxyl groups excluding tert-OH is 4. The van der Waals surface area contributed by atoms with Crippen molar-refractivity contribution in [2.45, 2.75) is 148 Å². The lowest BCUT2D eigenvalue weighted by Crippen LogP contribution is -2.32. The predicted octanol–water partition coefficient (Wildman–Crippen LogP) is 18.0. The highest BCUT2D eigenvalue weighted by molar-refractivity contribution is 9.11. The van der Waals surface area contributed by atoms with E-state index >= 15 is 0 Å². The molecule has 12 N–H and O–H groups in total. The van der Waals surface area contributed by atoms with Gasteiger partial charge < -0.3 is 72.8 Å². The SMILES string of the molecule is Brc1cnc2c(NCc3cccnc3)cc(NC3CCCCC3)cn12.CC(C)[C@@H](CO)Nc1cc(NCc2cccnc2)c2ncc(Br)n2c1.CC(C)[C@H](CO)Nc1cc(NCc2cccnc2)c2ncc(Br)n2c1.OC[C@@H]1CCCN1c1cc(NCc2cccnc2)c2ncc(Br)n2c1.OC[C@H]1CCCN1c1cc(NCc2cccnc2)c2ncc(Br)n2c1. The number of fused-ring (bicyclic) bond motifs is 5. The number of rotatable bonds is 29. The fourth-order valence-electron chi connectivity index (χ4n) is 15.5. The zero-order valence-corrected chi connectivity index (χ0v) is 78.1. The summed E-state index contributed by atoms with van der Waals surface area (Å²) in [6.45, 7) is 14.2. The van der Waals surface area contributed by atoms with Crippen LogP contribution in [-0.4, -0.2) is 162 Å². The van der Waals surface area contributed by atoms with Crippen molar-refractivity contribution in [1.29, 1.82) is 0 Å². The number of imidazole rings is 5. The highest BCUT2D eigenvalue weighted by atomic mass is 79.9. The Morgan fingerprint density at radius 2 is 0.640 bits per heavy atom. The molecule has 29 nitrogen and oxygen atoms in total. The quantitative estimate of drug-likeness (QED) is 0.0207. The van der Waals surface area contributed by atoms with Crippen LogP contribution in [0.3, 0.4) is 0 Å². The summed E-state index contributed by atoms with van der Waals surface area (Å²) >= 11 is 17.8. The molecular formula is C91H106Br5N25O4. The fourth-order valence-corrected chi connectivity index (χ4v) is 17.3. The Bertz CT molecular complexity index is 5620. The average molecular weight is 2010 g/mol. The molecule has 3 fully saturated rings. The van der Waals surface area contributed by atoms with Gasteiger partial charge in [0, 0.05) is 145 Å². The minimum Gasteiger partial charge on any atom is -0.394 e. The zero-order chi connectivity index (χ0) is 87.1. The maximum Gasteiger partial charge on any atom is 0.161 e. The van der Waals surface area contributed by atoms with Crippen LogP contribution in [0.15, 0.2) is 238 Å². The topological polar surface area (TPSA) is 335 Å². The van der Waals surface area contributed by atoms with E-state index < -0.39 is 0 Å². The maximum absolute atomic E-state index is 9.65. The molecule has 4 atom stereocenters. The molecule has 34 heteroatoms. The third-order valence-electron chi connectivity index (χ3n) is 22.3. The van der Waals surface area contributed by atoms with E-state index in [4.69, 9.17) is 0 Å². The van der Waals surface area contributed by atoms with E-state index in [9.17, 15) is 20.4 Å².